The van der Waals surface area contributed by atoms with Gasteiger partial charge in [-0.25, -0.2) is 13.1 Å². The predicted octanol–water partition coefficient (Wildman–Crippen LogP) is 3.92. The lowest BCUT2D eigenvalue weighted by atomic mass is 9.95. The van der Waals surface area contributed by atoms with Crippen molar-refractivity contribution in [2.45, 2.75) is 51.7 Å². The number of aryl methyl sites for hydroxylation is 1. The minimum Gasteiger partial charge on any atom is -0.350 e. The number of nitrogens with zero attached hydrogens (tertiary/aromatic N) is 4. The highest BCUT2D eigenvalue weighted by molar-refractivity contribution is 7.90. The standard InChI is InChI=1S/C25H28N6O4S/c1-4-5-10-22-21(23(35-28-22)25(32)29-36(33,34)16(2)3)15-17-11-13-18(14-12-17)19-8-6-7-9-20(19)24-26-30-31-27-24/h6-9,11-14,16H,4-5,10,15H2,1-3H3,(H,29,32)(H,26,27,30,31). The number of carbonyl (C=O) groups is 1. The van der Waals surface area contributed by atoms with Gasteiger partial charge in [-0.2, -0.15) is 5.21 Å². The molecule has 2 aromatic heterocycles. The smallest absolute Gasteiger partial charge is 0.303 e. The minimum atomic E-state index is -3.81. The Labute approximate surface area is 209 Å². The molecule has 2 heterocycles. The summed E-state index contributed by atoms with van der Waals surface area (Å²) in [5.74, 6) is -0.372. The van der Waals surface area contributed by atoms with Gasteiger partial charge in [-0.3, -0.25) is 4.79 Å². The number of aromatic amines is 1. The van der Waals surface area contributed by atoms with Gasteiger partial charge in [-0.05, 0) is 48.6 Å². The molecule has 0 saturated heterocycles. The van der Waals surface area contributed by atoms with Crippen LogP contribution in [0.4, 0.5) is 0 Å². The van der Waals surface area contributed by atoms with E-state index >= 15 is 0 Å². The number of H-pyrrole nitrogens is 1. The van der Waals surface area contributed by atoms with E-state index in [0.29, 0.717) is 29.9 Å². The highest BCUT2D eigenvalue weighted by atomic mass is 32.2. The van der Waals surface area contributed by atoms with E-state index in [4.69, 9.17) is 4.52 Å². The maximum atomic E-state index is 12.8. The molecule has 0 aliphatic carbocycles. The van der Waals surface area contributed by atoms with E-state index in [2.05, 4.69) is 37.4 Å². The number of amides is 1. The maximum Gasteiger partial charge on any atom is 0.303 e. The molecule has 0 saturated carbocycles. The molecule has 0 fully saturated rings. The summed E-state index contributed by atoms with van der Waals surface area (Å²) < 4.78 is 31.9. The van der Waals surface area contributed by atoms with Crippen molar-refractivity contribution in [2.24, 2.45) is 0 Å². The number of unbranched alkanes of at least 4 members (excludes halogenated alkanes) is 1. The second kappa shape index (κ2) is 10.8. The summed E-state index contributed by atoms with van der Waals surface area (Å²) in [7, 11) is -3.81. The van der Waals surface area contributed by atoms with Gasteiger partial charge < -0.3 is 4.52 Å². The number of rotatable bonds is 10. The van der Waals surface area contributed by atoms with E-state index in [1.165, 1.54) is 13.8 Å². The molecule has 0 spiro atoms. The van der Waals surface area contributed by atoms with Gasteiger partial charge in [0, 0.05) is 17.5 Å². The van der Waals surface area contributed by atoms with E-state index < -0.39 is 21.2 Å². The molecule has 0 aliphatic heterocycles. The Morgan fingerprint density at radius 1 is 1.08 bits per heavy atom. The van der Waals surface area contributed by atoms with Crippen LogP contribution in [0.15, 0.2) is 53.1 Å². The van der Waals surface area contributed by atoms with Crippen molar-refractivity contribution in [2.75, 3.05) is 0 Å². The Morgan fingerprint density at radius 2 is 1.81 bits per heavy atom. The molecule has 1 amide bonds. The minimum absolute atomic E-state index is 0.0724. The summed E-state index contributed by atoms with van der Waals surface area (Å²) in [6, 6.07) is 15.7. The van der Waals surface area contributed by atoms with Crippen LogP contribution in [-0.4, -0.2) is 45.4 Å². The molecule has 188 valence electrons. The number of hydrogen-bond acceptors (Lipinski definition) is 8. The first-order valence-corrected chi connectivity index (χ1v) is 13.3. The number of nitrogens with one attached hydrogen (secondary N) is 2. The Balaban J connectivity index is 1.62. The molecule has 4 aromatic rings. The van der Waals surface area contributed by atoms with E-state index in [-0.39, 0.29) is 5.76 Å². The van der Waals surface area contributed by atoms with Crippen LogP contribution in [0.1, 0.15) is 61.0 Å². The van der Waals surface area contributed by atoms with Crippen LogP contribution in [0.25, 0.3) is 22.5 Å². The van der Waals surface area contributed by atoms with Gasteiger partial charge in [0.2, 0.25) is 21.6 Å². The molecule has 0 bridgehead atoms. The second-order valence-electron chi connectivity index (χ2n) is 8.72. The number of tetrazole rings is 1. The SMILES string of the molecule is CCCCc1noc(C(=O)NS(=O)(=O)C(C)C)c1Cc1ccc(-c2ccccc2-c2nn[nH]n2)cc1. The Bertz CT molecular complexity index is 1430. The number of benzene rings is 2. The topological polar surface area (TPSA) is 144 Å². The van der Waals surface area contributed by atoms with Gasteiger partial charge in [0.05, 0.1) is 10.9 Å². The number of sulfonamides is 1. The summed E-state index contributed by atoms with van der Waals surface area (Å²) in [5, 5.41) is 17.7. The van der Waals surface area contributed by atoms with Crippen LogP contribution in [0, 0.1) is 0 Å². The number of carbonyl (C=O) groups excluding carboxylic acids is 1. The summed E-state index contributed by atoms with van der Waals surface area (Å²) in [6.45, 7) is 5.07. The predicted molar refractivity (Wildman–Crippen MR) is 134 cm³/mol. The van der Waals surface area contributed by atoms with Crippen LogP contribution in [0.2, 0.25) is 0 Å². The molecular formula is C25H28N6O4S. The normalized spacial score (nSPS) is 11.7. The number of aromatic nitrogens is 5. The van der Waals surface area contributed by atoms with Crippen molar-refractivity contribution in [3.05, 3.63) is 71.1 Å². The van der Waals surface area contributed by atoms with Crippen molar-refractivity contribution in [1.29, 1.82) is 0 Å². The fourth-order valence-electron chi connectivity index (χ4n) is 3.75. The van der Waals surface area contributed by atoms with Gasteiger partial charge in [-0.15, -0.1) is 10.2 Å². The lowest BCUT2D eigenvalue weighted by Crippen LogP contribution is -2.36. The zero-order chi connectivity index (χ0) is 25.7. The lowest BCUT2D eigenvalue weighted by Gasteiger charge is -2.10. The molecular weight excluding hydrogens is 480 g/mol. The van der Waals surface area contributed by atoms with Crippen LogP contribution in [0.5, 0.6) is 0 Å². The third-order valence-electron chi connectivity index (χ3n) is 5.86. The summed E-state index contributed by atoms with van der Waals surface area (Å²) >= 11 is 0. The van der Waals surface area contributed by atoms with Crippen LogP contribution in [0.3, 0.4) is 0 Å². The Kier molecular flexibility index (Phi) is 7.58. The summed E-state index contributed by atoms with van der Waals surface area (Å²) in [5.41, 5.74) is 4.97. The molecule has 10 nitrogen and oxygen atoms in total. The molecule has 4 rings (SSSR count). The van der Waals surface area contributed by atoms with Crippen LogP contribution >= 0.6 is 0 Å². The van der Waals surface area contributed by atoms with Crippen molar-refractivity contribution in [1.82, 2.24) is 30.5 Å². The maximum absolute atomic E-state index is 12.8. The molecule has 0 radical (unpaired) electrons. The average molecular weight is 509 g/mol. The van der Waals surface area contributed by atoms with E-state index in [1.54, 1.807) is 0 Å². The highest BCUT2D eigenvalue weighted by Gasteiger charge is 2.27. The van der Waals surface area contributed by atoms with Crippen molar-refractivity contribution >= 4 is 15.9 Å². The fourth-order valence-corrected chi connectivity index (χ4v) is 4.34. The second-order valence-corrected chi connectivity index (χ2v) is 11.0. The quantitative estimate of drug-likeness (QED) is 0.328. The van der Waals surface area contributed by atoms with E-state index in [9.17, 15) is 13.2 Å². The molecule has 0 aliphatic rings. The summed E-state index contributed by atoms with van der Waals surface area (Å²) in [6.07, 6.45) is 2.83. The van der Waals surface area contributed by atoms with Gasteiger partial charge in [0.1, 0.15) is 0 Å². The van der Waals surface area contributed by atoms with Crippen LogP contribution in [-0.2, 0) is 22.9 Å². The Hall–Kier alpha value is -3.86. The first kappa shape index (κ1) is 25.2. The van der Waals surface area contributed by atoms with Gasteiger partial charge >= 0.3 is 5.91 Å². The van der Waals surface area contributed by atoms with E-state index in [1.807, 2.05) is 48.5 Å². The van der Waals surface area contributed by atoms with Crippen molar-refractivity contribution in [3.63, 3.8) is 0 Å². The third-order valence-corrected chi connectivity index (χ3v) is 7.57. The molecule has 0 unspecified atom stereocenters. The first-order chi connectivity index (χ1) is 17.3. The zero-order valence-electron chi connectivity index (χ0n) is 20.4. The Morgan fingerprint density at radius 3 is 2.44 bits per heavy atom. The molecule has 36 heavy (non-hydrogen) atoms. The molecule has 11 heteroatoms. The van der Waals surface area contributed by atoms with Gasteiger partial charge in [0.25, 0.3) is 0 Å². The molecule has 2 N–H and O–H groups in total. The van der Waals surface area contributed by atoms with E-state index in [0.717, 1.165) is 35.1 Å². The first-order valence-electron chi connectivity index (χ1n) is 11.8. The third kappa shape index (κ3) is 5.51. The summed E-state index contributed by atoms with van der Waals surface area (Å²) in [4.78, 5) is 12.8. The van der Waals surface area contributed by atoms with Gasteiger partial charge in [-0.1, -0.05) is 67.0 Å². The molecule has 2 aromatic carbocycles. The average Bonchev–Trinajstić information content (AvgIpc) is 3.53. The lowest BCUT2D eigenvalue weighted by molar-refractivity contribution is 0.0944. The zero-order valence-corrected chi connectivity index (χ0v) is 21.2. The highest BCUT2D eigenvalue weighted by Crippen LogP contribution is 2.30. The van der Waals surface area contributed by atoms with Crippen molar-refractivity contribution < 1.29 is 17.7 Å². The van der Waals surface area contributed by atoms with Crippen LogP contribution < -0.4 is 4.72 Å². The van der Waals surface area contributed by atoms with Crippen molar-refractivity contribution in [3.8, 4) is 22.5 Å². The molecule has 0 atom stereocenters. The fraction of sp³-hybridized carbons (Fsp3) is 0.320. The monoisotopic (exact) mass is 508 g/mol. The largest absolute Gasteiger partial charge is 0.350 e. The van der Waals surface area contributed by atoms with Gasteiger partial charge in [0.15, 0.2) is 0 Å². The number of hydrogen-bond donors (Lipinski definition) is 2.